The van der Waals surface area contributed by atoms with Crippen molar-refractivity contribution in [2.45, 2.75) is 26.2 Å². The van der Waals surface area contributed by atoms with Crippen LogP contribution in [0.1, 0.15) is 24.7 Å². The number of rotatable bonds is 4. The molecule has 5 heteroatoms. The molecule has 0 radical (unpaired) electrons. The average Bonchev–Trinajstić information content (AvgIpc) is 2.63. The van der Waals surface area contributed by atoms with Gasteiger partial charge in [0.05, 0.1) is 4.47 Å². The third-order valence-electron chi connectivity index (χ3n) is 2.69. The number of aryl methyl sites for hydroxylation is 2. The molecule has 0 bridgehead atoms. The van der Waals surface area contributed by atoms with Crippen LogP contribution in [-0.4, -0.2) is 11.5 Å². The number of furan rings is 1. The van der Waals surface area contributed by atoms with E-state index in [-0.39, 0.29) is 0 Å². The molecule has 0 saturated heterocycles. The minimum Gasteiger partial charge on any atom is -0.458 e. The Morgan fingerprint density at radius 2 is 2.29 bits per heavy atom. The van der Waals surface area contributed by atoms with Gasteiger partial charge in [0.25, 0.3) is 0 Å². The predicted molar refractivity (Wildman–Crippen MR) is 73.5 cm³/mol. The van der Waals surface area contributed by atoms with Crippen LogP contribution in [0.2, 0.25) is 5.15 Å². The van der Waals surface area contributed by atoms with Gasteiger partial charge in [0.15, 0.2) is 5.58 Å². The molecule has 0 aliphatic carbocycles. The summed E-state index contributed by atoms with van der Waals surface area (Å²) >= 11 is 9.52. The lowest BCUT2D eigenvalue weighted by Crippen LogP contribution is -1.99. The molecule has 2 heterocycles. The first-order chi connectivity index (χ1) is 8.17. The van der Waals surface area contributed by atoms with Crippen molar-refractivity contribution in [3.8, 4) is 0 Å². The Kier molecular flexibility index (Phi) is 4.07. The van der Waals surface area contributed by atoms with Gasteiger partial charge < -0.3 is 10.2 Å². The van der Waals surface area contributed by atoms with Gasteiger partial charge in [-0.05, 0) is 46.9 Å². The molecular weight excluding hydrogens is 304 g/mol. The maximum absolute atomic E-state index is 5.99. The van der Waals surface area contributed by atoms with Gasteiger partial charge >= 0.3 is 0 Å². The molecular formula is C12H14BrClN2O. The van der Waals surface area contributed by atoms with Crippen molar-refractivity contribution in [3.63, 3.8) is 0 Å². The molecule has 0 spiro atoms. The van der Waals surface area contributed by atoms with Gasteiger partial charge in [-0.15, -0.1) is 0 Å². The topological polar surface area (TPSA) is 52.0 Å². The quantitative estimate of drug-likeness (QED) is 0.875. The average molecular weight is 318 g/mol. The van der Waals surface area contributed by atoms with Gasteiger partial charge in [-0.2, -0.15) is 0 Å². The fourth-order valence-corrected chi connectivity index (χ4v) is 2.56. The monoisotopic (exact) mass is 316 g/mol. The van der Waals surface area contributed by atoms with Crippen molar-refractivity contribution in [1.29, 1.82) is 0 Å². The Labute approximate surface area is 113 Å². The number of nitrogens with zero attached hydrogens (tertiary/aromatic N) is 1. The molecule has 0 aromatic carbocycles. The molecule has 0 fully saturated rings. The van der Waals surface area contributed by atoms with Crippen LogP contribution in [0.5, 0.6) is 0 Å². The van der Waals surface area contributed by atoms with E-state index in [2.05, 4.69) is 27.8 Å². The molecule has 0 unspecified atom stereocenters. The van der Waals surface area contributed by atoms with Gasteiger partial charge in [-0.1, -0.05) is 18.5 Å². The van der Waals surface area contributed by atoms with Crippen LogP contribution in [0.25, 0.3) is 11.1 Å². The number of aromatic nitrogens is 1. The van der Waals surface area contributed by atoms with Crippen LogP contribution in [0, 0.1) is 0 Å². The van der Waals surface area contributed by atoms with E-state index in [4.69, 9.17) is 21.8 Å². The molecule has 2 aromatic heterocycles. The Bertz CT molecular complexity index is 539. The summed E-state index contributed by atoms with van der Waals surface area (Å²) in [7, 11) is 0. The van der Waals surface area contributed by atoms with Crippen molar-refractivity contribution in [3.05, 3.63) is 27.0 Å². The SMILES string of the molecule is CCc1cc(Cl)nc2c(Br)c(CCCN)oc12. The highest BCUT2D eigenvalue weighted by Gasteiger charge is 2.16. The molecule has 92 valence electrons. The first-order valence-electron chi connectivity index (χ1n) is 5.63. The number of hydrogen-bond acceptors (Lipinski definition) is 3. The van der Waals surface area contributed by atoms with E-state index in [1.54, 1.807) is 0 Å². The van der Waals surface area contributed by atoms with E-state index < -0.39 is 0 Å². The number of halogens is 2. The molecule has 2 aromatic rings. The third-order valence-corrected chi connectivity index (χ3v) is 3.70. The highest BCUT2D eigenvalue weighted by Crippen LogP contribution is 2.33. The molecule has 0 saturated carbocycles. The molecule has 3 nitrogen and oxygen atoms in total. The number of fused-ring (bicyclic) bond motifs is 1. The summed E-state index contributed by atoms with van der Waals surface area (Å²) in [5.41, 5.74) is 8.23. The van der Waals surface area contributed by atoms with E-state index in [0.29, 0.717) is 11.7 Å². The van der Waals surface area contributed by atoms with E-state index in [1.165, 1.54) is 0 Å². The first-order valence-corrected chi connectivity index (χ1v) is 6.80. The van der Waals surface area contributed by atoms with Gasteiger partial charge in [-0.25, -0.2) is 4.98 Å². The molecule has 0 atom stereocenters. The van der Waals surface area contributed by atoms with E-state index in [9.17, 15) is 0 Å². The second-order valence-corrected chi connectivity index (χ2v) is 5.05. The molecule has 17 heavy (non-hydrogen) atoms. The summed E-state index contributed by atoms with van der Waals surface area (Å²) in [4.78, 5) is 4.31. The van der Waals surface area contributed by atoms with Crippen LogP contribution in [-0.2, 0) is 12.8 Å². The predicted octanol–water partition coefficient (Wildman–Crippen LogP) is 3.70. The van der Waals surface area contributed by atoms with E-state index in [1.807, 2.05) is 6.07 Å². The Morgan fingerprint density at radius 3 is 2.94 bits per heavy atom. The summed E-state index contributed by atoms with van der Waals surface area (Å²) in [6.45, 7) is 2.72. The Hall–Kier alpha value is -0.580. The zero-order valence-corrected chi connectivity index (χ0v) is 11.9. The minimum atomic E-state index is 0.501. The van der Waals surface area contributed by atoms with Crippen molar-refractivity contribution in [1.82, 2.24) is 4.98 Å². The summed E-state index contributed by atoms with van der Waals surface area (Å²) in [6.07, 6.45) is 2.58. The molecule has 0 aliphatic heterocycles. The number of hydrogen-bond donors (Lipinski definition) is 1. The lowest BCUT2D eigenvalue weighted by Gasteiger charge is -1.98. The summed E-state index contributed by atoms with van der Waals surface area (Å²) in [5.74, 6) is 0.898. The highest BCUT2D eigenvalue weighted by molar-refractivity contribution is 9.10. The van der Waals surface area contributed by atoms with Crippen molar-refractivity contribution < 1.29 is 4.42 Å². The fourth-order valence-electron chi connectivity index (χ4n) is 1.80. The van der Waals surface area contributed by atoms with Crippen LogP contribution in [0.4, 0.5) is 0 Å². The lowest BCUT2D eigenvalue weighted by atomic mass is 10.2. The molecule has 0 amide bonds. The van der Waals surface area contributed by atoms with Crippen LogP contribution in [0.15, 0.2) is 15.0 Å². The normalized spacial score (nSPS) is 11.3. The first kappa shape index (κ1) is 12.9. The highest BCUT2D eigenvalue weighted by atomic mass is 79.9. The summed E-state index contributed by atoms with van der Waals surface area (Å²) in [6, 6.07) is 1.85. The maximum Gasteiger partial charge on any atom is 0.157 e. The van der Waals surface area contributed by atoms with Crippen LogP contribution < -0.4 is 5.73 Å². The Morgan fingerprint density at radius 1 is 1.53 bits per heavy atom. The molecule has 2 N–H and O–H groups in total. The number of pyridine rings is 1. The zero-order chi connectivity index (χ0) is 12.4. The largest absolute Gasteiger partial charge is 0.458 e. The maximum atomic E-state index is 5.99. The van der Waals surface area contributed by atoms with Gasteiger partial charge in [-0.3, -0.25) is 0 Å². The van der Waals surface area contributed by atoms with Gasteiger partial charge in [0.1, 0.15) is 16.4 Å². The second kappa shape index (κ2) is 5.38. The zero-order valence-electron chi connectivity index (χ0n) is 9.59. The van der Waals surface area contributed by atoms with Crippen LogP contribution in [0.3, 0.4) is 0 Å². The molecule has 0 aliphatic rings. The standard InChI is InChI=1S/C12H14BrClN2O/c1-2-7-6-9(14)16-11-10(13)8(4-3-5-15)17-12(7)11/h6H,2-5,15H2,1H3. The number of nitrogens with two attached hydrogens (primary N) is 1. The summed E-state index contributed by atoms with van der Waals surface area (Å²) < 4.78 is 6.76. The molecule has 2 rings (SSSR count). The van der Waals surface area contributed by atoms with E-state index in [0.717, 1.165) is 46.2 Å². The lowest BCUT2D eigenvalue weighted by molar-refractivity contribution is 0.534. The fraction of sp³-hybridized carbons (Fsp3) is 0.417. The second-order valence-electron chi connectivity index (χ2n) is 3.87. The van der Waals surface area contributed by atoms with E-state index >= 15 is 0 Å². The third kappa shape index (κ3) is 2.49. The van der Waals surface area contributed by atoms with Crippen molar-refractivity contribution in [2.24, 2.45) is 5.73 Å². The minimum absolute atomic E-state index is 0.501. The smallest absolute Gasteiger partial charge is 0.157 e. The van der Waals surface area contributed by atoms with Crippen molar-refractivity contribution >= 4 is 38.6 Å². The summed E-state index contributed by atoms with van der Waals surface area (Å²) in [5, 5.41) is 0.501. The van der Waals surface area contributed by atoms with Gasteiger partial charge in [0.2, 0.25) is 0 Å². The van der Waals surface area contributed by atoms with Gasteiger partial charge in [0, 0.05) is 6.42 Å². The van der Waals surface area contributed by atoms with Crippen LogP contribution >= 0.6 is 27.5 Å². The Balaban J connectivity index is 2.56. The van der Waals surface area contributed by atoms with Crippen molar-refractivity contribution in [2.75, 3.05) is 6.54 Å².